The minimum atomic E-state index is -0.551. The van der Waals surface area contributed by atoms with Crippen LogP contribution in [-0.4, -0.2) is 22.6 Å². The van der Waals surface area contributed by atoms with E-state index in [0.717, 1.165) is 0 Å². The zero-order valence-electron chi connectivity index (χ0n) is 12.7. The van der Waals surface area contributed by atoms with Crippen LogP contribution >= 0.6 is 0 Å². The Bertz CT molecular complexity index is 947. The number of ether oxygens (including phenoxy) is 1. The van der Waals surface area contributed by atoms with Crippen molar-refractivity contribution in [2.45, 2.75) is 0 Å². The highest BCUT2D eigenvalue weighted by atomic mass is 16.5. The summed E-state index contributed by atoms with van der Waals surface area (Å²) in [5.74, 6) is 0.0618. The maximum atomic E-state index is 12.4. The highest BCUT2D eigenvalue weighted by Gasteiger charge is 2.16. The molecule has 1 N–H and O–H groups in total. The number of carbonyl (C=O) groups excluding carboxylic acids is 1. The molecule has 0 radical (unpaired) electrons. The predicted molar refractivity (Wildman–Crippen MR) is 87.9 cm³/mol. The van der Waals surface area contributed by atoms with E-state index in [1.54, 1.807) is 50.6 Å². The Kier molecular flexibility index (Phi) is 3.80. The van der Waals surface area contributed by atoms with E-state index in [4.69, 9.17) is 4.74 Å². The first-order chi connectivity index (χ1) is 11.1. The summed E-state index contributed by atoms with van der Waals surface area (Å²) in [4.78, 5) is 29.0. The summed E-state index contributed by atoms with van der Waals surface area (Å²) in [6.07, 6.45) is 0. The Morgan fingerprint density at radius 1 is 1.17 bits per heavy atom. The highest BCUT2D eigenvalue weighted by molar-refractivity contribution is 6.03. The molecular formula is C17H15N3O3. The fraction of sp³-hybridized carbons (Fsp3) is 0.118. The molecule has 6 heteroatoms. The van der Waals surface area contributed by atoms with Crippen LogP contribution in [0.2, 0.25) is 0 Å². The second kappa shape index (κ2) is 5.92. The van der Waals surface area contributed by atoms with Crippen LogP contribution in [-0.2, 0) is 7.05 Å². The van der Waals surface area contributed by atoms with Crippen LogP contribution in [0.3, 0.4) is 0 Å². The van der Waals surface area contributed by atoms with Gasteiger partial charge in [0.05, 0.1) is 18.1 Å². The van der Waals surface area contributed by atoms with Crippen LogP contribution in [0.25, 0.3) is 11.0 Å². The third-order valence-electron chi connectivity index (χ3n) is 3.53. The molecule has 0 unspecified atom stereocenters. The van der Waals surface area contributed by atoms with Crippen molar-refractivity contribution in [2.24, 2.45) is 7.05 Å². The molecule has 1 aromatic heterocycles. The standard InChI is InChI=1S/C17H15N3O3/c1-20-14-9-4-3-8-13(14)19-15(17(20)22)16(21)18-11-6-5-7-12(10-11)23-2/h3-10H,1-2H3,(H,18,21). The number of benzene rings is 2. The van der Waals surface area contributed by atoms with Gasteiger partial charge in [0, 0.05) is 18.8 Å². The van der Waals surface area contributed by atoms with Crippen molar-refractivity contribution < 1.29 is 9.53 Å². The molecule has 0 saturated heterocycles. The Balaban J connectivity index is 2.00. The zero-order chi connectivity index (χ0) is 16.4. The number of fused-ring (bicyclic) bond motifs is 1. The molecule has 23 heavy (non-hydrogen) atoms. The van der Waals surface area contributed by atoms with Gasteiger partial charge in [-0.25, -0.2) is 4.98 Å². The number of aromatic nitrogens is 2. The lowest BCUT2D eigenvalue weighted by Crippen LogP contribution is -2.29. The molecule has 0 spiro atoms. The quantitative estimate of drug-likeness (QED) is 0.805. The number of para-hydroxylation sites is 2. The van der Waals surface area contributed by atoms with Crippen molar-refractivity contribution in [3.05, 3.63) is 64.6 Å². The van der Waals surface area contributed by atoms with Crippen LogP contribution in [0, 0.1) is 0 Å². The molecule has 0 atom stereocenters. The summed E-state index contributed by atoms with van der Waals surface area (Å²) in [7, 11) is 3.16. The van der Waals surface area contributed by atoms with Crippen LogP contribution < -0.4 is 15.6 Å². The summed E-state index contributed by atoms with van der Waals surface area (Å²) in [6.45, 7) is 0. The van der Waals surface area contributed by atoms with E-state index in [0.29, 0.717) is 22.5 Å². The van der Waals surface area contributed by atoms with Crippen LogP contribution in [0.4, 0.5) is 5.69 Å². The molecule has 0 fully saturated rings. The van der Waals surface area contributed by atoms with Gasteiger partial charge < -0.3 is 14.6 Å². The molecule has 0 bridgehead atoms. The molecule has 0 aliphatic rings. The second-order valence-electron chi connectivity index (χ2n) is 5.00. The van der Waals surface area contributed by atoms with Crippen LogP contribution in [0.5, 0.6) is 5.75 Å². The maximum absolute atomic E-state index is 12.4. The maximum Gasteiger partial charge on any atom is 0.282 e. The van der Waals surface area contributed by atoms with E-state index in [1.165, 1.54) is 4.57 Å². The summed E-state index contributed by atoms with van der Waals surface area (Å²) >= 11 is 0. The van der Waals surface area contributed by atoms with Gasteiger partial charge in [0.15, 0.2) is 5.69 Å². The number of anilines is 1. The number of rotatable bonds is 3. The van der Waals surface area contributed by atoms with Crippen molar-refractivity contribution in [3.63, 3.8) is 0 Å². The summed E-state index contributed by atoms with van der Waals surface area (Å²) in [5.41, 5.74) is 1.21. The van der Waals surface area contributed by atoms with Crippen molar-refractivity contribution >= 4 is 22.6 Å². The number of nitrogens with one attached hydrogen (secondary N) is 1. The minimum Gasteiger partial charge on any atom is -0.497 e. The fourth-order valence-corrected chi connectivity index (χ4v) is 2.32. The first-order valence-electron chi connectivity index (χ1n) is 7.01. The van der Waals surface area contributed by atoms with Gasteiger partial charge in [-0.1, -0.05) is 18.2 Å². The van der Waals surface area contributed by atoms with Crippen molar-refractivity contribution in [1.82, 2.24) is 9.55 Å². The molecule has 0 aliphatic carbocycles. The van der Waals surface area contributed by atoms with Crippen molar-refractivity contribution in [3.8, 4) is 5.75 Å². The van der Waals surface area contributed by atoms with E-state index in [2.05, 4.69) is 10.3 Å². The average molecular weight is 309 g/mol. The van der Waals surface area contributed by atoms with Gasteiger partial charge in [-0.3, -0.25) is 9.59 Å². The van der Waals surface area contributed by atoms with Gasteiger partial charge in [-0.15, -0.1) is 0 Å². The Morgan fingerprint density at radius 2 is 1.96 bits per heavy atom. The first kappa shape index (κ1) is 14.8. The summed E-state index contributed by atoms with van der Waals surface area (Å²) < 4.78 is 6.53. The largest absolute Gasteiger partial charge is 0.497 e. The van der Waals surface area contributed by atoms with Crippen molar-refractivity contribution in [1.29, 1.82) is 0 Å². The fourth-order valence-electron chi connectivity index (χ4n) is 2.32. The number of hydrogen-bond acceptors (Lipinski definition) is 4. The number of methoxy groups -OCH3 is 1. The number of amides is 1. The molecule has 116 valence electrons. The lowest BCUT2D eigenvalue weighted by Gasteiger charge is -2.09. The van der Waals surface area contributed by atoms with E-state index in [9.17, 15) is 9.59 Å². The number of nitrogens with zero attached hydrogens (tertiary/aromatic N) is 2. The van der Waals surface area contributed by atoms with E-state index < -0.39 is 11.5 Å². The zero-order valence-corrected chi connectivity index (χ0v) is 12.7. The topological polar surface area (TPSA) is 73.2 Å². The molecule has 1 amide bonds. The smallest absolute Gasteiger partial charge is 0.282 e. The van der Waals surface area contributed by atoms with Gasteiger partial charge >= 0.3 is 0 Å². The summed E-state index contributed by atoms with van der Waals surface area (Å²) in [6, 6.07) is 14.1. The monoisotopic (exact) mass is 309 g/mol. The first-order valence-corrected chi connectivity index (χ1v) is 7.01. The molecule has 6 nitrogen and oxygen atoms in total. The van der Waals surface area contributed by atoms with E-state index in [-0.39, 0.29) is 5.69 Å². The highest BCUT2D eigenvalue weighted by Crippen LogP contribution is 2.17. The Morgan fingerprint density at radius 3 is 2.74 bits per heavy atom. The molecule has 0 aliphatic heterocycles. The molecule has 1 heterocycles. The number of hydrogen-bond donors (Lipinski definition) is 1. The lowest BCUT2D eigenvalue weighted by atomic mass is 10.2. The number of carbonyl (C=O) groups is 1. The van der Waals surface area contributed by atoms with Gasteiger partial charge in [-0.2, -0.15) is 0 Å². The third kappa shape index (κ3) is 2.78. The Labute approximate surface area is 132 Å². The molecule has 2 aromatic carbocycles. The Hall–Kier alpha value is -3.15. The van der Waals surface area contributed by atoms with Gasteiger partial charge in [0.25, 0.3) is 11.5 Å². The average Bonchev–Trinajstić information content (AvgIpc) is 2.58. The minimum absolute atomic E-state index is 0.144. The molecule has 3 rings (SSSR count). The molecular weight excluding hydrogens is 294 g/mol. The van der Waals surface area contributed by atoms with Gasteiger partial charge in [-0.05, 0) is 24.3 Å². The van der Waals surface area contributed by atoms with Crippen molar-refractivity contribution in [2.75, 3.05) is 12.4 Å². The molecule has 3 aromatic rings. The van der Waals surface area contributed by atoms with Gasteiger partial charge in [0.2, 0.25) is 0 Å². The normalized spacial score (nSPS) is 10.5. The van der Waals surface area contributed by atoms with E-state index >= 15 is 0 Å². The van der Waals surface area contributed by atoms with Crippen LogP contribution in [0.1, 0.15) is 10.5 Å². The van der Waals surface area contributed by atoms with Gasteiger partial charge in [0.1, 0.15) is 5.75 Å². The van der Waals surface area contributed by atoms with E-state index in [1.807, 2.05) is 12.1 Å². The number of aryl methyl sites for hydroxylation is 1. The summed E-state index contributed by atoms with van der Waals surface area (Å²) in [5, 5.41) is 2.67. The van der Waals surface area contributed by atoms with Crippen LogP contribution in [0.15, 0.2) is 53.3 Å². The second-order valence-corrected chi connectivity index (χ2v) is 5.00. The third-order valence-corrected chi connectivity index (χ3v) is 3.53. The lowest BCUT2D eigenvalue weighted by molar-refractivity contribution is 0.102. The predicted octanol–water partition coefficient (Wildman–Crippen LogP) is 2.19. The molecule has 0 saturated carbocycles. The SMILES string of the molecule is COc1cccc(NC(=O)c2nc3ccccc3n(C)c2=O)c1.